The molecule has 11 heteroatoms. The van der Waals surface area contributed by atoms with Gasteiger partial charge in [0, 0.05) is 7.11 Å². The first kappa shape index (κ1) is 22.3. The minimum Gasteiger partial charge on any atom is -0.386 e. The zero-order valence-corrected chi connectivity index (χ0v) is 13.9. The SMILES string of the molecule is C=CCC(C(F)(F)F)(C(F)(F)F)C(OC)(O[Si](C)(C)C)C(F)F. The Morgan fingerprint density at radius 1 is 1.00 bits per heavy atom. The van der Waals surface area contributed by atoms with Gasteiger partial charge in [-0.05, 0) is 26.1 Å². The summed E-state index contributed by atoms with van der Waals surface area (Å²) in [6.45, 7) is 6.36. The highest BCUT2D eigenvalue weighted by atomic mass is 28.4. The van der Waals surface area contributed by atoms with Crippen molar-refractivity contribution in [3.63, 3.8) is 0 Å². The van der Waals surface area contributed by atoms with Crippen molar-refractivity contribution in [2.75, 3.05) is 7.11 Å². The number of allylic oxidation sites excluding steroid dienone is 1. The summed E-state index contributed by atoms with van der Waals surface area (Å²) in [6, 6.07) is 0. The van der Waals surface area contributed by atoms with Gasteiger partial charge in [0.25, 0.3) is 6.43 Å². The monoisotopic (exact) mass is 374 g/mol. The summed E-state index contributed by atoms with van der Waals surface area (Å²) >= 11 is 0. The lowest BCUT2D eigenvalue weighted by molar-refractivity contribution is -0.447. The average Bonchev–Trinajstić information content (AvgIpc) is 2.28. The number of rotatable bonds is 7. The summed E-state index contributed by atoms with van der Waals surface area (Å²) in [4.78, 5) is 0. The number of hydrogen-bond donors (Lipinski definition) is 0. The zero-order valence-electron chi connectivity index (χ0n) is 12.9. The Morgan fingerprint density at radius 3 is 1.57 bits per heavy atom. The third kappa shape index (κ3) is 3.87. The van der Waals surface area contributed by atoms with Crippen LogP contribution < -0.4 is 0 Å². The van der Waals surface area contributed by atoms with Gasteiger partial charge in [-0.3, -0.25) is 0 Å². The van der Waals surface area contributed by atoms with E-state index in [0.29, 0.717) is 7.11 Å². The van der Waals surface area contributed by atoms with Gasteiger partial charge in [0.2, 0.25) is 11.2 Å². The van der Waals surface area contributed by atoms with Crippen LogP contribution in [0.2, 0.25) is 19.6 Å². The van der Waals surface area contributed by atoms with Crippen LogP contribution in [0, 0.1) is 5.41 Å². The van der Waals surface area contributed by atoms with E-state index in [1.165, 1.54) is 19.6 Å². The highest BCUT2D eigenvalue weighted by Crippen LogP contribution is 2.62. The van der Waals surface area contributed by atoms with Gasteiger partial charge in [0.05, 0.1) is 0 Å². The van der Waals surface area contributed by atoms with Gasteiger partial charge in [-0.2, -0.15) is 26.3 Å². The summed E-state index contributed by atoms with van der Waals surface area (Å²) in [5, 5.41) is 0. The number of hydrogen-bond acceptors (Lipinski definition) is 2. The largest absolute Gasteiger partial charge is 0.408 e. The van der Waals surface area contributed by atoms with Crippen LogP contribution in [0.25, 0.3) is 0 Å². The minimum absolute atomic E-state index is 0.269. The van der Waals surface area contributed by atoms with Gasteiger partial charge >= 0.3 is 12.4 Å². The van der Waals surface area contributed by atoms with Gasteiger partial charge in [0.1, 0.15) is 0 Å². The molecular formula is C12H18F8O2Si. The second kappa shape index (κ2) is 6.67. The average molecular weight is 374 g/mol. The Morgan fingerprint density at radius 2 is 1.39 bits per heavy atom. The molecule has 0 fully saturated rings. The highest BCUT2D eigenvalue weighted by molar-refractivity contribution is 6.69. The number of ether oxygens (including phenoxy) is 1. The summed E-state index contributed by atoms with van der Waals surface area (Å²) in [5.41, 5.74) is -4.96. The molecule has 0 saturated heterocycles. The molecule has 0 aliphatic rings. The number of halogens is 8. The molecular weight excluding hydrogens is 356 g/mol. The molecule has 0 amide bonds. The molecule has 138 valence electrons. The molecule has 0 aromatic heterocycles. The molecule has 0 heterocycles. The van der Waals surface area contributed by atoms with Gasteiger partial charge in [-0.1, -0.05) is 6.08 Å². The molecule has 0 saturated carbocycles. The Balaban J connectivity index is 6.85. The normalized spacial score (nSPS) is 17.3. The lowest BCUT2D eigenvalue weighted by Crippen LogP contribution is -2.71. The smallest absolute Gasteiger partial charge is 0.386 e. The first-order valence-corrected chi connectivity index (χ1v) is 9.71. The van der Waals surface area contributed by atoms with Gasteiger partial charge in [-0.15, -0.1) is 6.58 Å². The van der Waals surface area contributed by atoms with Crippen molar-refractivity contribution in [3.05, 3.63) is 12.7 Å². The van der Waals surface area contributed by atoms with E-state index < -0.39 is 44.7 Å². The fourth-order valence-corrected chi connectivity index (χ4v) is 3.48. The second-order valence-corrected chi connectivity index (χ2v) is 10.2. The molecule has 0 aromatic carbocycles. The predicted octanol–water partition coefficient (Wildman–Crippen LogP) is 5.13. The second-order valence-electron chi connectivity index (χ2n) is 5.78. The van der Waals surface area contributed by atoms with Gasteiger partial charge < -0.3 is 9.16 Å². The van der Waals surface area contributed by atoms with Crippen LogP contribution in [-0.2, 0) is 9.16 Å². The van der Waals surface area contributed by atoms with Crippen LogP contribution >= 0.6 is 0 Å². The third-order valence-electron chi connectivity index (χ3n) is 3.06. The third-order valence-corrected chi connectivity index (χ3v) is 3.98. The van der Waals surface area contributed by atoms with Crippen molar-refractivity contribution < 1.29 is 44.3 Å². The molecule has 1 atom stereocenters. The van der Waals surface area contributed by atoms with E-state index in [9.17, 15) is 35.1 Å². The van der Waals surface area contributed by atoms with E-state index in [-0.39, 0.29) is 6.08 Å². The quantitative estimate of drug-likeness (QED) is 0.266. The van der Waals surface area contributed by atoms with Crippen molar-refractivity contribution in [3.8, 4) is 0 Å². The summed E-state index contributed by atoms with van der Waals surface area (Å²) in [7, 11) is -2.98. The lowest BCUT2D eigenvalue weighted by Gasteiger charge is -2.51. The predicted molar refractivity (Wildman–Crippen MR) is 69.5 cm³/mol. The van der Waals surface area contributed by atoms with E-state index in [1.807, 2.05) is 0 Å². The molecule has 0 N–H and O–H groups in total. The van der Waals surface area contributed by atoms with Crippen LogP contribution in [-0.4, -0.2) is 40.0 Å². The first-order valence-electron chi connectivity index (χ1n) is 6.30. The van der Waals surface area contributed by atoms with Crippen molar-refractivity contribution in [2.24, 2.45) is 5.41 Å². The van der Waals surface area contributed by atoms with Crippen LogP contribution in [0.3, 0.4) is 0 Å². The van der Waals surface area contributed by atoms with Crippen LogP contribution in [0.5, 0.6) is 0 Å². The molecule has 0 aromatic rings. The molecule has 0 aliphatic carbocycles. The van der Waals surface area contributed by atoms with E-state index in [4.69, 9.17) is 0 Å². The molecule has 0 radical (unpaired) electrons. The fraction of sp³-hybridized carbons (Fsp3) is 0.833. The zero-order chi connectivity index (χ0) is 18.9. The van der Waals surface area contributed by atoms with E-state index in [0.717, 1.165) is 0 Å². The Bertz CT molecular complexity index is 399. The topological polar surface area (TPSA) is 18.5 Å². The van der Waals surface area contributed by atoms with Crippen LogP contribution in [0.4, 0.5) is 35.1 Å². The molecule has 23 heavy (non-hydrogen) atoms. The van der Waals surface area contributed by atoms with Crippen LogP contribution in [0.15, 0.2) is 12.7 Å². The van der Waals surface area contributed by atoms with Crippen molar-refractivity contribution >= 4 is 8.32 Å². The van der Waals surface area contributed by atoms with Crippen LogP contribution in [0.1, 0.15) is 6.42 Å². The Kier molecular flexibility index (Phi) is 6.47. The van der Waals surface area contributed by atoms with Gasteiger partial charge in [0.15, 0.2) is 8.32 Å². The maximum absolute atomic E-state index is 13.5. The maximum atomic E-state index is 13.5. The first-order chi connectivity index (χ1) is 10.0. The molecule has 1 unspecified atom stereocenters. The van der Waals surface area contributed by atoms with E-state index >= 15 is 0 Å². The highest BCUT2D eigenvalue weighted by Gasteiger charge is 2.83. The number of methoxy groups -OCH3 is 1. The molecule has 0 rings (SSSR count). The molecule has 0 bridgehead atoms. The van der Waals surface area contributed by atoms with Crippen molar-refractivity contribution in [1.82, 2.24) is 0 Å². The fourth-order valence-electron chi connectivity index (χ4n) is 2.22. The Hall–Kier alpha value is -0.683. The van der Waals surface area contributed by atoms with E-state index in [1.54, 1.807) is 0 Å². The minimum atomic E-state index is -6.12. The maximum Gasteiger partial charge on any atom is 0.408 e. The van der Waals surface area contributed by atoms with Crippen molar-refractivity contribution in [1.29, 1.82) is 0 Å². The molecule has 0 spiro atoms. The summed E-state index contributed by atoms with van der Waals surface area (Å²) in [5.74, 6) is -4.23. The number of alkyl halides is 8. The van der Waals surface area contributed by atoms with E-state index in [2.05, 4.69) is 15.7 Å². The Labute approximate surface area is 129 Å². The summed E-state index contributed by atoms with van der Waals surface area (Å²) < 4.78 is 116. The van der Waals surface area contributed by atoms with Crippen molar-refractivity contribution in [2.45, 2.75) is 50.6 Å². The lowest BCUT2D eigenvalue weighted by atomic mass is 9.74. The molecule has 2 nitrogen and oxygen atoms in total. The summed E-state index contributed by atoms with van der Waals surface area (Å²) in [6.07, 6.45) is -18.0. The van der Waals surface area contributed by atoms with Gasteiger partial charge in [-0.25, -0.2) is 8.78 Å². The molecule has 0 aliphatic heterocycles. The standard InChI is InChI=1S/C12H18F8O2Si/c1-6-7-9(11(15,16)17,12(18,19)20)10(21-2,8(13)14)22-23(3,4)5/h6,8H,1,7H2,2-5H3.